The van der Waals surface area contributed by atoms with Gasteiger partial charge in [0.2, 0.25) is 0 Å². The van der Waals surface area contributed by atoms with E-state index in [9.17, 15) is 9.59 Å². The Hall–Kier alpha value is -3.13. The number of amides is 2. The number of benzene rings is 1. The molecule has 142 valence electrons. The Balaban J connectivity index is 1.39. The summed E-state index contributed by atoms with van der Waals surface area (Å²) < 4.78 is 7.98. The SMILES string of the molecule is COCc1ccc(CNC(=O)NCCCn2nc3ccccn3c2=O)cc1. The van der Waals surface area contributed by atoms with E-state index in [4.69, 9.17) is 4.74 Å². The predicted molar refractivity (Wildman–Crippen MR) is 101 cm³/mol. The molecule has 0 aliphatic rings. The molecular weight excluding hydrogens is 346 g/mol. The minimum absolute atomic E-state index is 0.174. The molecule has 0 saturated heterocycles. The molecular formula is C19H23N5O3. The van der Waals surface area contributed by atoms with Crippen molar-refractivity contribution in [2.24, 2.45) is 0 Å². The van der Waals surface area contributed by atoms with Gasteiger partial charge in [0.05, 0.1) is 6.61 Å². The zero-order valence-electron chi connectivity index (χ0n) is 15.2. The van der Waals surface area contributed by atoms with Gasteiger partial charge in [-0.1, -0.05) is 30.3 Å². The molecule has 3 aromatic rings. The number of carbonyl (C=O) groups is 1. The van der Waals surface area contributed by atoms with E-state index in [1.807, 2.05) is 30.3 Å². The van der Waals surface area contributed by atoms with Crippen LogP contribution < -0.4 is 16.3 Å². The number of ether oxygens (including phenoxy) is 1. The minimum Gasteiger partial charge on any atom is -0.380 e. The van der Waals surface area contributed by atoms with Crippen LogP contribution in [0.15, 0.2) is 53.5 Å². The van der Waals surface area contributed by atoms with Gasteiger partial charge in [0.15, 0.2) is 5.65 Å². The van der Waals surface area contributed by atoms with Crippen molar-refractivity contribution in [2.45, 2.75) is 26.1 Å². The molecule has 8 heteroatoms. The van der Waals surface area contributed by atoms with Gasteiger partial charge >= 0.3 is 11.7 Å². The summed E-state index contributed by atoms with van der Waals surface area (Å²) in [6, 6.07) is 13.1. The Labute approximate surface area is 156 Å². The first kappa shape index (κ1) is 18.7. The summed E-state index contributed by atoms with van der Waals surface area (Å²) in [6.45, 7) is 1.93. The number of hydrogen-bond acceptors (Lipinski definition) is 4. The maximum Gasteiger partial charge on any atom is 0.350 e. The smallest absolute Gasteiger partial charge is 0.350 e. The number of nitrogens with zero attached hydrogens (tertiary/aromatic N) is 3. The fraction of sp³-hybridized carbons (Fsp3) is 0.316. The number of methoxy groups -OCH3 is 1. The second-order valence-corrected chi connectivity index (χ2v) is 6.15. The Kier molecular flexibility index (Phi) is 6.22. The van der Waals surface area contributed by atoms with E-state index in [1.54, 1.807) is 25.4 Å². The highest BCUT2D eigenvalue weighted by atomic mass is 16.5. The standard InChI is InChI=1S/C19H23N5O3/c1-27-14-16-8-6-15(7-9-16)13-21-18(25)20-10-4-12-24-19(26)23-11-3-2-5-17(23)22-24/h2-3,5-9,11H,4,10,12-14H2,1H3,(H2,20,21,25). The van der Waals surface area contributed by atoms with Crippen molar-refractivity contribution in [3.63, 3.8) is 0 Å². The van der Waals surface area contributed by atoms with Gasteiger partial charge < -0.3 is 15.4 Å². The lowest BCUT2D eigenvalue weighted by molar-refractivity contribution is 0.185. The highest BCUT2D eigenvalue weighted by molar-refractivity contribution is 5.73. The van der Waals surface area contributed by atoms with E-state index in [1.165, 1.54) is 9.08 Å². The zero-order valence-corrected chi connectivity index (χ0v) is 15.2. The van der Waals surface area contributed by atoms with Gasteiger partial charge in [0.25, 0.3) is 0 Å². The number of rotatable bonds is 8. The summed E-state index contributed by atoms with van der Waals surface area (Å²) in [4.78, 5) is 24.0. The third-order valence-corrected chi connectivity index (χ3v) is 4.11. The summed E-state index contributed by atoms with van der Waals surface area (Å²) in [5, 5.41) is 9.86. The fourth-order valence-electron chi connectivity index (χ4n) is 2.71. The third kappa shape index (κ3) is 4.95. The highest BCUT2D eigenvalue weighted by Crippen LogP contribution is 2.05. The minimum atomic E-state index is -0.238. The number of urea groups is 1. The van der Waals surface area contributed by atoms with Gasteiger partial charge in [-0.25, -0.2) is 14.3 Å². The van der Waals surface area contributed by atoms with Crippen molar-refractivity contribution in [3.8, 4) is 0 Å². The molecule has 3 rings (SSSR count). The quantitative estimate of drug-likeness (QED) is 0.589. The summed E-state index contributed by atoms with van der Waals surface area (Å²) >= 11 is 0. The molecule has 0 saturated carbocycles. The van der Waals surface area contributed by atoms with Gasteiger partial charge in [-0.15, -0.1) is 5.10 Å². The molecule has 0 fully saturated rings. The average Bonchev–Trinajstić information content (AvgIpc) is 3.01. The van der Waals surface area contributed by atoms with Crippen molar-refractivity contribution >= 4 is 11.7 Å². The summed E-state index contributed by atoms with van der Waals surface area (Å²) in [6.07, 6.45) is 2.30. The molecule has 2 heterocycles. The number of carbonyl (C=O) groups excluding carboxylic acids is 1. The number of aromatic nitrogens is 3. The van der Waals surface area contributed by atoms with Crippen molar-refractivity contribution in [1.82, 2.24) is 24.8 Å². The van der Waals surface area contributed by atoms with Crippen LogP contribution in [0.25, 0.3) is 5.65 Å². The first-order chi connectivity index (χ1) is 13.2. The van der Waals surface area contributed by atoms with Crippen LogP contribution in [-0.2, 0) is 24.4 Å². The number of fused-ring (bicyclic) bond motifs is 1. The molecule has 0 atom stereocenters. The normalized spacial score (nSPS) is 10.9. The van der Waals surface area contributed by atoms with Crippen LogP contribution in [0.1, 0.15) is 17.5 Å². The number of aryl methyl sites for hydroxylation is 1. The van der Waals surface area contributed by atoms with Crippen molar-refractivity contribution in [3.05, 3.63) is 70.3 Å². The van der Waals surface area contributed by atoms with Crippen LogP contribution in [0.4, 0.5) is 4.79 Å². The molecule has 0 bridgehead atoms. The Morgan fingerprint density at radius 1 is 1.11 bits per heavy atom. The van der Waals surface area contributed by atoms with Crippen LogP contribution in [0.2, 0.25) is 0 Å². The largest absolute Gasteiger partial charge is 0.380 e. The van der Waals surface area contributed by atoms with Crippen molar-refractivity contribution < 1.29 is 9.53 Å². The molecule has 0 radical (unpaired) electrons. The molecule has 0 spiro atoms. The van der Waals surface area contributed by atoms with E-state index in [2.05, 4.69) is 15.7 Å². The van der Waals surface area contributed by atoms with Gasteiger partial charge in [0.1, 0.15) is 0 Å². The van der Waals surface area contributed by atoms with E-state index in [-0.39, 0.29) is 11.7 Å². The van der Waals surface area contributed by atoms with E-state index in [0.717, 1.165) is 11.1 Å². The number of hydrogen-bond donors (Lipinski definition) is 2. The van der Waals surface area contributed by atoms with Gasteiger partial charge in [0, 0.05) is 32.9 Å². The van der Waals surface area contributed by atoms with Crippen molar-refractivity contribution in [2.75, 3.05) is 13.7 Å². The summed E-state index contributed by atoms with van der Waals surface area (Å²) in [7, 11) is 1.66. The number of nitrogens with one attached hydrogen (secondary N) is 2. The number of pyridine rings is 1. The van der Waals surface area contributed by atoms with Crippen LogP contribution in [-0.4, -0.2) is 33.9 Å². The monoisotopic (exact) mass is 369 g/mol. The molecule has 1 aromatic carbocycles. The lowest BCUT2D eigenvalue weighted by Gasteiger charge is -2.08. The maximum atomic E-state index is 12.1. The predicted octanol–water partition coefficient (Wildman–Crippen LogP) is 1.53. The van der Waals surface area contributed by atoms with Gasteiger partial charge in [-0.05, 0) is 29.7 Å². The fourth-order valence-corrected chi connectivity index (χ4v) is 2.71. The lowest BCUT2D eigenvalue weighted by atomic mass is 10.1. The first-order valence-corrected chi connectivity index (χ1v) is 8.80. The van der Waals surface area contributed by atoms with E-state index >= 15 is 0 Å². The van der Waals surface area contributed by atoms with Crippen LogP contribution in [0, 0.1) is 0 Å². The highest BCUT2D eigenvalue weighted by Gasteiger charge is 2.06. The van der Waals surface area contributed by atoms with E-state index in [0.29, 0.717) is 38.3 Å². The van der Waals surface area contributed by atoms with Gasteiger partial charge in [-0.3, -0.25) is 4.40 Å². The lowest BCUT2D eigenvalue weighted by Crippen LogP contribution is -2.36. The van der Waals surface area contributed by atoms with Crippen LogP contribution in [0.5, 0.6) is 0 Å². The van der Waals surface area contributed by atoms with Crippen molar-refractivity contribution in [1.29, 1.82) is 0 Å². The summed E-state index contributed by atoms with van der Waals surface area (Å²) in [5.74, 6) is 0. The van der Waals surface area contributed by atoms with Gasteiger partial charge in [-0.2, -0.15) is 0 Å². The second-order valence-electron chi connectivity index (χ2n) is 6.15. The molecule has 27 heavy (non-hydrogen) atoms. The topological polar surface area (TPSA) is 89.7 Å². The molecule has 0 unspecified atom stereocenters. The zero-order chi connectivity index (χ0) is 19.1. The Bertz CT molecular complexity index is 946. The molecule has 0 aliphatic carbocycles. The van der Waals surface area contributed by atoms with Crippen LogP contribution >= 0.6 is 0 Å². The molecule has 2 amide bonds. The maximum absolute atomic E-state index is 12.1. The second kappa shape index (κ2) is 9.00. The first-order valence-electron chi connectivity index (χ1n) is 8.80. The average molecular weight is 369 g/mol. The molecule has 2 N–H and O–H groups in total. The third-order valence-electron chi connectivity index (χ3n) is 4.11. The molecule has 8 nitrogen and oxygen atoms in total. The van der Waals surface area contributed by atoms with Crippen LogP contribution in [0.3, 0.4) is 0 Å². The summed E-state index contributed by atoms with van der Waals surface area (Å²) in [5.41, 5.74) is 2.55. The Morgan fingerprint density at radius 2 is 1.89 bits per heavy atom. The van der Waals surface area contributed by atoms with E-state index < -0.39 is 0 Å². The molecule has 0 aliphatic heterocycles. The molecule has 2 aromatic heterocycles. The Morgan fingerprint density at radius 3 is 2.63 bits per heavy atom.